The maximum atomic E-state index is 12.8. The third-order valence-corrected chi connectivity index (χ3v) is 5.46. The highest BCUT2D eigenvalue weighted by Gasteiger charge is 2.50. The molecule has 3 fully saturated rings. The molecule has 2 aliphatic carbocycles. The van der Waals surface area contributed by atoms with Gasteiger partial charge in [-0.2, -0.15) is 0 Å². The summed E-state index contributed by atoms with van der Waals surface area (Å²) in [7, 11) is 1.47. The molecule has 1 N–H and O–H groups in total. The van der Waals surface area contributed by atoms with Crippen LogP contribution in [0.15, 0.2) is 17.1 Å². The quantitative estimate of drug-likeness (QED) is 0.637. The van der Waals surface area contributed by atoms with Crippen molar-refractivity contribution >= 4 is 29.9 Å². The van der Waals surface area contributed by atoms with Crippen LogP contribution in [0.3, 0.4) is 0 Å². The third-order valence-electron chi connectivity index (χ3n) is 5.46. The van der Waals surface area contributed by atoms with Crippen LogP contribution in [-0.2, 0) is 9.59 Å². The van der Waals surface area contributed by atoms with E-state index in [4.69, 9.17) is 4.74 Å². The van der Waals surface area contributed by atoms with Crippen LogP contribution in [0.2, 0.25) is 0 Å². The van der Waals surface area contributed by atoms with E-state index in [0.29, 0.717) is 17.7 Å². The Hall–Kier alpha value is -2.84. The Labute approximate surface area is 149 Å². The first-order valence-corrected chi connectivity index (χ1v) is 8.66. The second-order valence-corrected chi connectivity index (χ2v) is 6.93. The number of imide groups is 2. The molecular formula is C17H19N5O4. The molecule has 26 heavy (non-hydrogen) atoms. The lowest BCUT2D eigenvalue weighted by Gasteiger charge is -2.36. The van der Waals surface area contributed by atoms with Gasteiger partial charge in [-0.1, -0.05) is 6.42 Å². The van der Waals surface area contributed by atoms with Gasteiger partial charge < -0.3 is 4.74 Å². The zero-order valence-electron chi connectivity index (χ0n) is 14.3. The molecule has 1 aliphatic heterocycles. The van der Waals surface area contributed by atoms with Gasteiger partial charge in [-0.15, -0.1) is 10.2 Å². The summed E-state index contributed by atoms with van der Waals surface area (Å²) in [4.78, 5) is 42.5. The molecule has 1 aromatic rings. The standard InChI is InChI=1S/C17H19N5O4/c1-26-14-5-4-13(20-21-14)18-8-11-15(23)19-17(25)22(16(11)24)12-7-9-2-3-10(12)6-9/h4-5,8-12H,2-3,6-7H2,1H3,(H,19,23,25)/t9-,10-,11-,12-/m0/s1. The molecule has 0 unspecified atom stereocenters. The fraction of sp³-hybridized carbons (Fsp3) is 0.529. The van der Waals surface area contributed by atoms with Crippen LogP contribution in [-0.4, -0.2) is 52.3 Å². The number of barbiturate groups is 1. The monoisotopic (exact) mass is 357 g/mol. The number of hydrogen-bond donors (Lipinski definition) is 1. The van der Waals surface area contributed by atoms with Gasteiger partial charge in [0.25, 0.3) is 0 Å². The van der Waals surface area contributed by atoms with Crippen molar-refractivity contribution in [3.63, 3.8) is 0 Å². The lowest BCUT2D eigenvalue weighted by atomic mass is 9.92. The Morgan fingerprint density at radius 3 is 2.69 bits per heavy atom. The third kappa shape index (κ3) is 2.83. The van der Waals surface area contributed by atoms with Crippen LogP contribution in [0.1, 0.15) is 25.7 Å². The van der Waals surface area contributed by atoms with E-state index >= 15 is 0 Å². The average molecular weight is 357 g/mol. The molecule has 1 saturated heterocycles. The minimum absolute atomic E-state index is 0.119. The van der Waals surface area contributed by atoms with Crippen molar-refractivity contribution < 1.29 is 19.1 Å². The molecule has 3 aliphatic rings. The largest absolute Gasteiger partial charge is 0.480 e. The van der Waals surface area contributed by atoms with Crippen molar-refractivity contribution in [2.75, 3.05) is 7.11 Å². The van der Waals surface area contributed by atoms with Crippen molar-refractivity contribution in [1.29, 1.82) is 0 Å². The van der Waals surface area contributed by atoms with E-state index in [1.807, 2.05) is 0 Å². The highest BCUT2D eigenvalue weighted by atomic mass is 16.5. The maximum Gasteiger partial charge on any atom is 0.331 e. The molecule has 0 spiro atoms. The molecule has 4 atom stereocenters. The summed E-state index contributed by atoms with van der Waals surface area (Å²) in [5, 5.41) is 9.89. The number of methoxy groups -OCH3 is 1. The van der Waals surface area contributed by atoms with Gasteiger partial charge in [-0.3, -0.25) is 19.8 Å². The zero-order valence-corrected chi connectivity index (χ0v) is 14.3. The number of aromatic nitrogens is 2. The van der Waals surface area contributed by atoms with Gasteiger partial charge in [0.05, 0.1) is 7.11 Å². The zero-order chi connectivity index (χ0) is 18.3. The van der Waals surface area contributed by atoms with Gasteiger partial charge in [-0.05, 0) is 37.2 Å². The minimum atomic E-state index is -1.14. The van der Waals surface area contributed by atoms with Gasteiger partial charge in [0.1, 0.15) is 0 Å². The lowest BCUT2D eigenvalue weighted by molar-refractivity contribution is -0.141. The number of carbonyl (C=O) groups is 3. The van der Waals surface area contributed by atoms with E-state index in [1.54, 1.807) is 12.1 Å². The lowest BCUT2D eigenvalue weighted by Crippen LogP contribution is -2.62. The molecule has 2 saturated carbocycles. The number of fused-ring (bicyclic) bond motifs is 2. The van der Waals surface area contributed by atoms with Gasteiger partial charge in [0, 0.05) is 18.3 Å². The first-order valence-electron chi connectivity index (χ1n) is 8.66. The Kier molecular flexibility index (Phi) is 4.14. The number of rotatable bonds is 4. The molecule has 4 rings (SSSR count). The summed E-state index contributed by atoms with van der Waals surface area (Å²) in [6, 6.07) is 2.40. The predicted octanol–water partition coefficient (Wildman–Crippen LogP) is 1.07. The average Bonchev–Trinajstić information content (AvgIpc) is 3.25. The highest BCUT2D eigenvalue weighted by Crippen LogP contribution is 2.47. The van der Waals surface area contributed by atoms with E-state index in [2.05, 4.69) is 20.5 Å². The van der Waals surface area contributed by atoms with E-state index in [-0.39, 0.29) is 11.9 Å². The fourth-order valence-electron chi connectivity index (χ4n) is 4.22. The number of nitrogens with zero attached hydrogens (tertiary/aromatic N) is 4. The normalized spacial score (nSPS) is 31.0. The molecule has 2 heterocycles. The molecule has 1 aromatic heterocycles. The number of urea groups is 1. The number of nitrogens with one attached hydrogen (secondary N) is 1. The molecule has 136 valence electrons. The van der Waals surface area contributed by atoms with Crippen LogP contribution in [0, 0.1) is 17.8 Å². The Bertz CT molecular complexity index is 778. The van der Waals surface area contributed by atoms with Crippen molar-refractivity contribution in [3.8, 4) is 5.88 Å². The van der Waals surface area contributed by atoms with Gasteiger partial charge in [0.15, 0.2) is 11.7 Å². The van der Waals surface area contributed by atoms with E-state index < -0.39 is 23.8 Å². The van der Waals surface area contributed by atoms with Crippen molar-refractivity contribution in [2.45, 2.75) is 31.7 Å². The molecule has 2 bridgehead atoms. The number of carbonyl (C=O) groups excluding carboxylic acids is 3. The predicted molar refractivity (Wildman–Crippen MR) is 89.8 cm³/mol. The van der Waals surface area contributed by atoms with Crippen LogP contribution in [0.5, 0.6) is 5.88 Å². The second kappa shape index (κ2) is 6.47. The fourth-order valence-corrected chi connectivity index (χ4v) is 4.22. The van der Waals surface area contributed by atoms with E-state index in [1.165, 1.54) is 18.2 Å². The van der Waals surface area contributed by atoms with Gasteiger partial charge >= 0.3 is 6.03 Å². The van der Waals surface area contributed by atoms with Gasteiger partial charge in [-0.25, -0.2) is 9.79 Å². The summed E-state index contributed by atoms with van der Waals surface area (Å²) in [6.07, 6.45) is 5.29. The Balaban J connectivity index is 1.53. The summed E-state index contributed by atoms with van der Waals surface area (Å²) < 4.78 is 4.92. The van der Waals surface area contributed by atoms with E-state index in [0.717, 1.165) is 25.7 Å². The minimum Gasteiger partial charge on any atom is -0.480 e. The second-order valence-electron chi connectivity index (χ2n) is 6.93. The number of aliphatic imine (C=N–C) groups is 1. The topological polar surface area (TPSA) is 114 Å². The van der Waals surface area contributed by atoms with Crippen LogP contribution < -0.4 is 10.1 Å². The van der Waals surface area contributed by atoms with Gasteiger partial charge in [0.2, 0.25) is 17.7 Å². The molecular weight excluding hydrogens is 338 g/mol. The van der Waals surface area contributed by atoms with Crippen molar-refractivity contribution in [2.24, 2.45) is 22.7 Å². The maximum absolute atomic E-state index is 12.8. The smallest absolute Gasteiger partial charge is 0.331 e. The molecule has 0 aromatic carbocycles. The number of amides is 4. The van der Waals surface area contributed by atoms with Crippen molar-refractivity contribution in [1.82, 2.24) is 20.4 Å². The highest BCUT2D eigenvalue weighted by molar-refractivity contribution is 6.23. The van der Waals surface area contributed by atoms with Crippen LogP contribution in [0.25, 0.3) is 0 Å². The summed E-state index contributed by atoms with van der Waals surface area (Å²) in [6.45, 7) is 0. The number of hydrogen-bond acceptors (Lipinski definition) is 7. The summed E-state index contributed by atoms with van der Waals surface area (Å²) >= 11 is 0. The molecule has 4 amide bonds. The van der Waals surface area contributed by atoms with Crippen molar-refractivity contribution in [3.05, 3.63) is 12.1 Å². The molecule has 0 radical (unpaired) electrons. The Morgan fingerprint density at radius 2 is 2.08 bits per heavy atom. The van der Waals surface area contributed by atoms with Crippen LogP contribution in [0.4, 0.5) is 10.6 Å². The van der Waals surface area contributed by atoms with Crippen LogP contribution >= 0.6 is 0 Å². The SMILES string of the molecule is COc1ccc(N=C[C@H]2C(=O)NC(=O)N([C@H]3C[C@H]4CC[C@H]3C4)C2=O)nn1. The molecule has 9 nitrogen and oxygen atoms in total. The summed E-state index contributed by atoms with van der Waals surface area (Å²) in [5.74, 6) is -0.821. The first kappa shape index (κ1) is 16.6. The summed E-state index contributed by atoms with van der Waals surface area (Å²) in [5.41, 5.74) is 0. The van der Waals surface area contributed by atoms with E-state index in [9.17, 15) is 14.4 Å². The number of ether oxygens (including phenoxy) is 1. The first-order chi connectivity index (χ1) is 12.6. The Morgan fingerprint density at radius 1 is 1.23 bits per heavy atom. The molecule has 9 heteroatoms.